The lowest BCUT2D eigenvalue weighted by molar-refractivity contribution is -0.0497. The van der Waals surface area contributed by atoms with Crippen molar-refractivity contribution in [1.82, 2.24) is 4.57 Å². The average molecular weight is 435 g/mol. The van der Waals surface area contributed by atoms with Gasteiger partial charge < -0.3 is 9.30 Å². The standard InChI is InChI=1S/C19H17F2N3O3S.C2H6/c1-3-28(25,26)23-13-6-4-12(5-7-13)18-16(11-22)15-9-8-14(27-19(20)21)10-17(15)24(18)2;1-2/h4-10,19,23H,3H2,1-2H3;1-2H3. The van der Waals surface area contributed by atoms with Gasteiger partial charge in [0.15, 0.2) is 0 Å². The second-order valence-corrected chi connectivity index (χ2v) is 8.05. The zero-order valence-electron chi connectivity index (χ0n) is 17.1. The van der Waals surface area contributed by atoms with Crippen molar-refractivity contribution in [2.45, 2.75) is 27.4 Å². The monoisotopic (exact) mass is 435 g/mol. The first kappa shape index (κ1) is 23.2. The van der Waals surface area contributed by atoms with Crippen molar-refractivity contribution < 1.29 is 21.9 Å². The highest BCUT2D eigenvalue weighted by molar-refractivity contribution is 7.92. The number of nitriles is 1. The van der Waals surface area contributed by atoms with Crippen LogP contribution in [0, 0.1) is 11.3 Å². The lowest BCUT2D eigenvalue weighted by Gasteiger charge is -2.09. The molecule has 0 aliphatic rings. The molecule has 1 N–H and O–H groups in total. The van der Waals surface area contributed by atoms with E-state index in [0.717, 1.165) is 0 Å². The van der Waals surface area contributed by atoms with Gasteiger partial charge in [-0.2, -0.15) is 14.0 Å². The Bertz CT molecular complexity index is 1160. The molecule has 3 aromatic rings. The van der Waals surface area contributed by atoms with E-state index in [1.165, 1.54) is 19.1 Å². The van der Waals surface area contributed by atoms with E-state index in [1.54, 1.807) is 41.9 Å². The Morgan fingerprint density at radius 3 is 2.33 bits per heavy atom. The van der Waals surface area contributed by atoms with Gasteiger partial charge in [0.1, 0.15) is 11.8 Å². The maximum atomic E-state index is 12.5. The molecule has 0 aliphatic heterocycles. The van der Waals surface area contributed by atoms with E-state index in [0.29, 0.717) is 33.4 Å². The number of alkyl halides is 2. The Balaban J connectivity index is 0.00000155. The Labute approximate surface area is 174 Å². The van der Waals surface area contributed by atoms with Crippen LogP contribution in [0.5, 0.6) is 5.75 Å². The zero-order chi connectivity index (χ0) is 22.5. The van der Waals surface area contributed by atoms with Crippen molar-refractivity contribution in [3.8, 4) is 23.1 Å². The van der Waals surface area contributed by atoms with Gasteiger partial charge in [0.05, 0.1) is 22.5 Å². The van der Waals surface area contributed by atoms with Gasteiger partial charge in [0.2, 0.25) is 10.0 Å². The van der Waals surface area contributed by atoms with Gasteiger partial charge in [-0.15, -0.1) is 0 Å². The number of fused-ring (bicyclic) bond motifs is 1. The first-order valence-corrected chi connectivity index (χ1v) is 11.0. The number of sulfonamides is 1. The molecule has 6 nitrogen and oxygen atoms in total. The summed E-state index contributed by atoms with van der Waals surface area (Å²) in [6.07, 6.45) is 0. The van der Waals surface area contributed by atoms with Crippen molar-refractivity contribution >= 4 is 26.6 Å². The zero-order valence-corrected chi connectivity index (χ0v) is 17.9. The minimum atomic E-state index is -3.39. The van der Waals surface area contributed by atoms with E-state index in [1.807, 2.05) is 13.8 Å². The third-order valence-electron chi connectivity index (χ3n) is 4.32. The van der Waals surface area contributed by atoms with Crippen LogP contribution in [0.15, 0.2) is 42.5 Å². The van der Waals surface area contributed by atoms with Crippen LogP contribution in [0.1, 0.15) is 26.3 Å². The van der Waals surface area contributed by atoms with E-state index in [4.69, 9.17) is 0 Å². The number of nitrogens with zero attached hydrogens (tertiary/aromatic N) is 2. The summed E-state index contributed by atoms with van der Waals surface area (Å²) in [5, 5.41) is 10.2. The SMILES string of the molecule is CC.CCS(=O)(=O)Nc1ccc(-c2c(C#N)c3ccc(OC(F)F)cc3n2C)cc1. The van der Waals surface area contributed by atoms with Crippen molar-refractivity contribution in [3.05, 3.63) is 48.0 Å². The number of hydrogen-bond acceptors (Lipinski definition) is 4. The molecule has 30 heavy (non-hydrogen) atoms. The Morgan fingerprint density at radius 2 is 1.80 bits per heavy atom. The predicted octanol–water partition coefficient (Wildman–Crippen LogP) is 5.11. The van der Waals surface area contributed by atoms with Crippen LogP contribution in [0.25, 0.3) is 22.2 Å². The smallest absolute Gasteiger partial charge is 0.387 e. The molecule has 0 spiro atoms. The van der Waals surface area contributed by atoms with E-state index in [-0.39, 0.29) is 11.5 Å². The summed E-state index contributed by atoms with van der Waals surface area (Å²) in [6, 6.07) is 13.2. The number of hydrogen-bond donors (Lipinski definition) is 1. The van der Waals surface area contributed by atoms with E-state index in [2.05, 4.69) is 15.5 Å². The minimum Gasteiger partial charge on any atom is -0.435 e. The second kappa shape index (κ2) is 9.59. The number of aromatic nitrogens is 1. The molecular formula is C21H23F2N3O3S. The largest absolute Gasteiger partial charge is 0.435 e. The van der Waals surface area contributed by atoms with E-state index < -0.39 is 16.6 Å². The summed E-state index contributed by atoms with van der Waals surface area (Å²) < 4.78 is 57.0. The number of nitrogens with one attached hydrogen (secondary N) is 1. The molecule has 0 atom stereocenters. The molecule has 2 aromatic carbocycles. The van der Waals surface area contributed by atoms with Gasteiger partial charge in [-0.25, -0.2) is 8.42 Å². The number of aryl methyl sites for hydroxylation is 1. The molecule has 9 heteroatoms. The molecular weight excluding hydrogens is 412 g/mol. The quantitative estimate of drug-likeness (QED) is 0.583. The summed E-state index contributed by atoms with van der Waals surface area (Å²) in [5.41, 5.74) is 2.65. The van der Waals surface area contributed by atoms with Crippen LogP contribution in [-0.2, 0) is 17.1 Å². The molecule has 0 aliphatic carbocycles. The average Bonchev–Trinajstić information content (AvgIpc) is 3.01. The molecule has 0 bridgehead atoms. The van der Waals surface area contributed by atoms with E-state index >= 15 is 0 Å². The topological polar surface area (TPSA) is 84.1 Å². The van der Waals surface area contributed by atoms with Gasteiger partial charge in [0.25, 0.3) is 0 Å². The normalized spacial score (nSPS) is 11.0. The molecule has 0 fully saturated rings. The fraction of sp³-hybridized carbons (Fsp3) is 0.286. The van der Waals surface area contributed by atoms with Crippen LogP contribution in [-0.4, -0.2) is 25.3 Å². The van der Waals surface area contributed by atoms with Crippen molar-refractivity contribution in [2.24, 2.45) is 7.05 Å². The molecule has 0 unspecified atom stereocenters. The van der Waals surface area contributed by atoms with Crippen LogP contribution < -0.4 is 9.46 Å². The number of rotatable bonds is 6. The summed E-state index contributed by atoms with van der Waals surface area (Å²) >= 11 is 0. The molecule has 1 heterocycles. The van der Waals surface area contributed by atoms with Crippen LogP contribution in [0.2, 0.25) is 0 Å². The summed E-state index contributed by atoms with van der Waals surface area (Å²) in [7, 11) is -1.67. The molecule has 1 aromatic heterocycles. The lowest BCUT2D eigenvalue weighted by atomic mass is 10.1. The predicted molar refractivity (Wildman–Crippen MR) is 114 cm³/mol. The molecule has 160 valence electrons. The van der Waals surface area contributed by atoms with Crippen LogP contribution in [0.3, 0.4) is 0 Å². The first-order valence-electron chi connectivity index (χ1n) is 9.34. The highest BCUT2D eigenvalue weighted by atomic mass is 32.2. The summed E-state index contributed by atoms with van der Waals surface area (Å²) in [4.78, 5) is 0. The molecule has 0 radical (unpaired) electrons. The molecule has 3 rings (SSSR count). The molecule has 0 saturated heterocycles. The molecule has 0 saturated carbocycles. The van der Waals surface area contributed by atoms with Crippen LogP contribution in [0.4, 0.5) is 14.5 Å². The highest BCUT2D eigenvalue weighted by Crippen LogP contribution is 2.35. The number of halogens is 2. The van der Waals surface area contributed by atoms with Crippen molar-refractivity contribution in [2.75, 3.05) is 10.5 Å². The Morgan fingerprint density at radius 1 is 1.17 bits per heavy atom. The lowest BCUT2D eigenvalue weighted by Crippen LogP contribution is -2.14. The van der Waals surface area contributed by atoms with Gasteiger partial charge in [-0.1, -0.05) is 26.0 Å². The third-order valence-corrected chi connectivity index (χ3v) is 5.63. The molecule has 0 amide bonds. The van der Waals surface area contributed by atoms with Gasteiger partial charge >= 0.3 is 6.61 Å². The fourth-order valence-corrected chi connectivity index (χ4v) is 3.63. The number of ether oxygens (including phenoxy) is 1. The van der Waals surface area contributed by atoms with Gasteiger partial charge in [-0.05, 0) is 36.8 Å². The Kier molecular flexibility index (Phi) is 7.40. The summed E-state index contributed by atoms with van der Waals surface area (Å²) in [6.45, 7) is 2.60. The van der Waals surface area contributed by atoms with Crippen molar-refractivity contribution in [3.63, 3.8) is 0 Å². The fourth-order valence-electron chi connectivity index (χ4n) is 2.99. The van der Waals surface area contributed by atoms with Gasteiger partial charge in [0, 0.05) is 24.2 Å². The van der Waals surface area contributed by atoms with Crippen LogP contribution >= 0.6 is 0 Å². The van der Waals surface area contributed by atoms with E-state index in [9.17, 15) is 22.5 Å². The van der Waals surface area contributed by atoms with Gasteiger partial charge in [-0.3, -0.25) is 4.72 Å². The number of anilines is 1. The minimum absolute atomic E-state index is 0.00320. The maximum Gasteiger partial charge on any atom is 0.387 e. The van der Waals surface area contributed by atoms with Crippen molar-refractivity contribution in [1.29, 1.82) is 5.26 Å². The second-order valence-electron chi connectivity index (χ2n) is 6.03. The maximum absolute atomic E-state index is 12.5. The highest BCUT2D eigenvalue weighted by Gasteiger charge is 2.18. The third kappa shape index (κ3) is 4.89. The number of benzene rings is 2. The summed E-state index contributed by atoms with van der Waals surface area (Å²) in [5.74, 6) is -0.0389. The Hall–Kier alpha value is -3.12. The first-order chi connectivity index (χ1) is 14.3.